The lowest BCUT2D eigenvalue weighted by Gasteiger charge is -2.42. The van der Waals surface area contributed by atoms with Gasteiger partial charge in [-0.25, -0.2) is 0 Å². The minimum absolute atomic E-state index is 0.272. The topological polar surface area (TPSA) is 21.3 Å². The second-order valence-electron chi connectivity index (χ2n) is 5.92. The highest BCUT2D eigenvalue weighted by Gasteiger charge is 2.37. The number of hydrogen-bond donors (Lipinski definition) is 1. The van der Waals surface area contributed by atoms with Gasteiger partial charge in [0.15, 0.2) is 0 Å². The van der Waals surface area contributed by atoms with Crippen molar-refractivity contribution < 1.29 is 4.74 Å². The molecule has 2 fully saturated rings. The van der Waals surface area contributed by atoms with Crippen molar-refractivity contribution in [1.82, 2.24) is 5.32 Å². The van der Waals surface area contributed by atoms with E-state index in [0.29, 0.717) is 0 Å². The van der Waals surface area contributed by atoms with E-state index in [0.717, 1.165) is 12.6 Å². The van der Waals surface area contributed by atoms with Crippen LogP contribution in [0.15, 0.2) is 0 Å². The minimum Gasteiger partial charge on any atom is -0.375 e. The van der Waals surface area contributed by atoms with Gasteiger partial charge in [0.2, 0.25) is 0 Å². The monoisotopic (exact) mass is 239 g/mol. The van der Waals surface area contributed by atoms with Gasteiger partial charge in [0.05, 0.1) is 5.60 Å². The quantitative estimate of drug-likeness (QED) is 0.588. The summed E-state index contributed by atoms with van der Waals surface area (Å²) in [4.78, 5) is 0. The first-order valence-electron chi connectivity index (χ1n) is 7.72. The van der Waals surface area contributed by atoms with E-state index in [4.69, 9.17) is 4.74 Å². The molecule has 2 rings (SSSR count). The van der Waals surface area contributed by atoms with Crippen LogP contribution in [0.3, 0.4) is 0 Å². The molecule has 2 nitrogen and oxygen atoms in total. The molecule has 2 heteroatoms. The zero-order valence-corrected chi connectivity index (χ0v) is 11.5. The van der Waals surface area contributed by atoms with E-state index in [2.05, 4.69) is 12.2 Å². The molecular weight excluding hydrogens is 210 g/mol. The van der Waals surface area contributed by atoms with E-state index in [9.17, 15) is 0 Å². The van der Waals surface area contributed by atoms with Crippen molar-refractivity contribution in [2.75, 3.05) is 13.2 Å². The van der Waals surface area contributed by atoms with Gasteiger partial charge < -0.3 is 10.1 Å². The standard InChI is InChI=1S/C15H29NO/c1-2-3-4-5-13-17-15(9-6-10-15)11-12-16-14-7-8-14/h14,16H,2-13H2,1H3. The summed E-state index contributed by atoms with van der Waals surface area (Å²) in [6.45, 7) is 4.42. The van der Waals surface area contributed by atoms with Crippen LogP contribution < -0.4 is 5.32 Å². The van der Waals surface area contributed by atoms with Crippen LogP contribution in [0.25, 0.3) is 0 Å². The van der Waals surface area contributed by atoms with Gasteiger partial charge in [0.25, 0.3) is 0 Å². The number of unbranched alkanes of at least 4 members (excludes halogenated alkanes) is 3. The summed E-state index contributed by atoms with van der Waals surface area (Å²) in [6.07, 6.45) is 13.3. The fourth-order valence-electron chi connectivity index (χ4n) is 2.65. The lowest BCUT2D eigenvalue weighted by molar-refractivity contribution is -0.105. The van der Waals surface area contributed by atoms with Crippen LogP contribution in [0.1, 0.15) is 71.1 Å². The first-order valence-corrected chi connectivity index (χ1v) is 7.72. The smallest absolute Gasteiger partial charge is 0.0694 e. The normalized spacial score (nSPS) is 22.4. The predicted octanol–water partition coefficient (Wildman–Crippen LogP) is 3.65. The van der Waals surface area contributed by atoms with Gasteiger partial charge in [-0.3, -0.25) is 0 Å². The third kappa shape index (κ3) is 4.59. The van der Waals surface area contributed by atoms with Crippen LogP contribution in [0.2, 0.25) is 0 Å². The van der Waals surface area contributed by atoms with Crippen LogP contribution in [-0.4, -0.2) is 24.8 Å². The van der Waals surface area contributed by atoms with Crippen molar-refractivity contribution in [2.24, 2.45) is 0 Å². The molecule has 0 bridgehead atoms. The lowest BCUT2D eigenvalue weighted by Crippen LogP contribution is -2.43. The maximum absolute atomic E-state index is 6.17. The third-order valence-electron chi connectivity index (χ3n) is 4.26. The summed E-state index contributed by atoms with van der Waals surface area (Å²) >= 11 is 0. The van der Waals surface area contributed by atoms with Crippen LogP contribution in [0, 0.1) is 0 Å². The molecule has 0 atom stereocenters. The Bertz CT molecular complexity index is 209. The van der Waals surface area contributed by atoms with E-state index >= 15 is 0 Å². The molecule has 0 heterocycles. The maximum Gasteiger partial charge on any atom is 0.0694 e. The largest absolute Gasteiger partial charge is 0.375 e. The highest BCUT2D eigenvalue weighted by atomic mass is 16.5. The van der Waals surface area contributed by atoms with E-state index < -0.39 is 0 Å². The molecule has 0 saturated heterocycles. The Morgan fingerprint density at radius 1 is 1.18 bits per heavy atom. The SMILES string of the molecule is CCCCCCOC1(CCNC2CC2)CCC1. The summed E-state index contributed by atoms with van der Waals surface area (Å²) in [5.74, 6) is 0. The van der Waals surface area contributed by atoms with E-state index in [1.54, 1.807) is 0 Å². The van der Waals surface area contributed by atoms with Gasteiger partial charge in [0.1, 0.15) is 0 Å². The fraction of sp³-hybridized carbons (Fsp3) is 1.00. The summed E-state index contributed by atoms with van der Waals surface area (Å²) in [7, 11) is 0. The van der Waals surface area contributed by atoms with Crippen molar-refractivity contribution in [1.29, 1.82) is 0 Å². The Morgan fingerprint density at radius 3 is 2.59 bits per heavy atom. The Hall–Kier alpha value is -0.0800. The molecule has 0 aromatic heterocycles. The molecule has 0 aromatic rings. The molecule has 1 N–H and O–H groups in total. The van der Waals surface area contributed by atoms with E-state index in [1.165, 1.54) is 70.8 Å². The van der Waals surface area contributed by atoms with Gasteiger partial charge in [0, 0.05) is 12.6 Å². The molecule has 17 heavy (non-hydrogen) atoms. The van der Waals surface area contributed by atoms with Crippen molar-refractivity contribution in [3.63, 3.8) is 0 Å². The Morgan fingerprint density at radius 2 is 2.00 bits per heavy atom. The molecule has 2 aliphatic carbocycles. The van der Waals surface area contributed by atoms with Crippen LogP contribution in [-0.2, 0) is 4.74 Å². The van der Waals surface area contributed by atoms with Gasteiger partial charge in [-0.2, -0.15) is 0 Å². The van der Waals surface area contributed by atoms with E-state index in [1.807, 2.05) is 0 Å². The van der Waals surface area contributed by atoms with Crippen molar-refractivity contribution >= 4 is 0 Å². The summed E-state index contributed by atoms with van der Waals surface area (Å²) < 4.78 is 6.17. The first-order chi connectivity index (χ1) is 8.35. The van der Waals surface area contributed by atoms with Gasteiger partial charge in [-0.05, 0) is 51.5 Å². The van der Waals surface area contributed by atoms with Gasteiger partial charge in [-0.1, -0.05) is 26.2 Å². The summed E-state index contributed by atoms with van der Waals surface area (Å²) in [5, 5.41) is 3.61. The minimum atomic E-state index is 0.272. The van der Waals surface area contributed by atoms with E-state index in [-0.39, 0.29) is 5.60 Å². The van der Waals surface area contributed by atoms with Crippen molar-refractivity contribution in [3.8, 4) is 0 Å². The maximum atomic E-state index is 6.17. The molecule has 2 saturated carbocycles. The number of rotatable bonds is 10. The molecule has 0 amide bonds. The molecule has 0 unspecified atom stereocenters. The number of hydrogen-bond acceptors (Lipinski definition) is 2. The molecule has 0 aromatic carbocycles. The van der Waals surface area contributed by atoms with Crippen LogP contribution >= 0.6 is 0 Å². The Kier molecular flexibility index (Phi) is 5.30. The Balaban J connectivity index is 1.53. The second-order valence-corrected chi connectivity index (χ2v) is 5.92. The second kappa shape index (κ2) is 6.75. The average molecular weight is 239 g/mol. The molecule has 0 radical (unpaired) electrons. The van der Waals surface area contributed by atoms with Crippen molar-refractivity contribution in [2.45, 2.75) is 82.8 Å². The van der Waals surface area contributed by atoms with Crippen LogP contribution in [0.5, 0.6) is 0 Å². The number of ether oxygens (including phenoxy) is 1. The van der Waals surface area contributed by atoms with Gasteiger partial charge >= 0.3 is 0 Å². The third-order valence-corrected chi connectivity index (χ3v) is 4.26. The highest BCUT2D eigenvalue weighted by molar-refractivity contribution is 4.91. The first kappa shape index (κ1) is 13.4. The van der Waals surface area contributed by atoms with Gasteiger partial charge in [-0.15, -0.1) is 0 Å². The summed E-state index contributed by atoms with van der Waals surface area (Å²) in [5.41, 5.74) is 0.272. The fourth-order valence-corrected chi connectivity index (χ4v) is 2.65. The lowest BCUT2D eigenvalue weighted by atomic mass is 9.77. The predicted molar refractivity (Wildman–Crippen MR) is 72.3 cm³/mol. The molecular formula is C15H29NO. The molecule has 0 aliphatic heterocycles. The Labute approximate surface area is 107 Å². The molecule has 100 valence electrons. The molecule has 0 spiro atoms. The number of nitrogens with one attached hydrogen (secondary N) is 1. The van der Waals surface area contributed by atoms with Crippen LogP contribution in [0.4, 0.5) is 0 Å². The summed E-state index contributed by atoms with van der Waals surface area (Å²) in [6, 6.07) is 0.844. The van der Waals surface area contributed by atoms with Crippen molar-refractivity contribution in [3.05, 3.63) is 0 Å². The highest BCUT2D eigenvalue weighted by Crippen LogP contribution is 2.38. The molecule has 2 aliphatic rings. The average Bonchev–Trinajstić information content (AvgIpc) is 3.08. The zero-order chi connectivity index (χ0) is 12.0. The zero-order valence-electron chi connectivity index (χ0n) is 11.5.